The molecule has 4 aliphatic carbocycles. The van der Waals surface area contributed by atoms with Gasteiger partial charge in [0.05, 0.1) is 0 Å². The normalized spacial score (nSPS) is 40.3. The van der Waals surface area contributed by atoms with Crippen molar-refractivity contribution in [3.8, 4) is 0 Å². The first-order chi connectivity index (χ1) is 15.8. The zero-order valence-corrected chi connectivity index (χ0v) is 20.4. The minimum Gasteiger partial charge on any atom is -0.330 e. The highest BCUT2D eigenvalue weighted by molar-refractivity contribution is 5.22. The maximum absolute atomic E-state index is 6.27. The van der Waals surface area contributed by atoms with Crippen LogP contribution in [-0.4, -0.2) is 19.1 Å². The van der Waals surface area contributed by atoms with Gasteiger partial charge < -0.3 is 11.1 Å². The maximum Gasteiger partial charge on any atom is 0.0171 e. The van der Waals surface area contributed by atoms with Crippen LogP contribution >= 0.6 is 0 Å². The predicted octanol–water partition coefficient (Wildman–Crippen LogP) is 6.78. The third-order valence-corrected chi connectivity index (χ3v) is 10.2. The van der Waals surface area contributed by atoms with Crippen molar-refractivity contribution in [2.75, 3.05) is 13.1 Å². The van der Waals surface area contributed by atoms with Crippen LogP contribution in [0, 0.1) is 41.4 Å². The van der Waals surface area contributed by atoms with Crippen LogP contribution in [0.1, 0.15) is 89.9 Å². The van der Waals surface area contributed by atoms with E-state index in [4.69, 9.17) is 5.73 Å². The molecule has 8 atom stereocenters. The van der Waals surface area contributed by atoms with Crippen LogP contribution in [0.5, 0.6) is 0 Å². The van der Waals surface area contributed by atoms with E-state index in [0.717, 1.165) is 42.7 Å². The van der Waals surface area contributed by atoms with Gasteiger partial charge in [-0.3, -0.25) is 0 Å². The van der Waals surface area contributed by atoms with Gasteiger partial charge in [0.25, 0.3) is 0 Å². The summed E-state index contributed by atoms with van der Waals surface area (Å²) < 4.78 is 0. The van der Waals surface area contributed by atoms with E-state index in [1.165, 1.54) is 83.5 Å². The lowest BCUT2D eigenvalue weighted by atomic mass is 9.61. The topological polar surface area (TPSA) is 38.0 Å². The summed E-state index contributed by atoms with van der Waals surface area (Å²) in [5, 5.41) is 3.81. The molecule has 1 aliphatic heterocycles. The molecule has 0 spiro atoms. The SMILES string of the molecule is NCC(CCCC1CCC2CCC(C3CC=CCC3)CC2C1)C1=CC2C=CCCC2NC1. The van der Waals surface area contributed by atoms with Crippen LogP contribution in [0.3, 0.4) is 0 Å². The van der Waals surface area contributed by atoms with Gasteiger partial charge in [-0.15, -0.1) is 0 Å². The van der Waals surface area contributed by atoms with E-state index in [1.807, 2.05) is 0 Å². The average molecular weight is 437 g/mol. The zero-order chi connectivity index (χ0) is 21.8. The lowest BCUT2D eigenvalue weighted by molar-refractivity contribution is 0.0693. The molecule has 1 heterocycles. The fourth-order valence-corrected chi connectivity index (χ4v) is 8.17. The zero-order valence-electron chi connectivity index (χ0n) is 20.4. The number of hydrogen-bond donors (Lipinski definition) is 2. The van der Waals surface area contributed by atoms with Gasteiger partial charge in [0.1, 0.15) is 0 Å². The second-order valence-corrected chi connectivity index (χ2v) is 12.0. The third-order valence-electron chi connectivity index (χ3n) is 10.2. The molecule has 2 nitrogen and oxygen atoms in total. The van der Waals surface area contributed by atoms with E-state index in [0.29, 0.717) is 17.9 Å². The average Bonchev–Trinajstić information content (AvgIpc) is 2.86. The Labute approximate surface area is 197 Å². The van der Waals surface area contributed by atoms with Crippen molar-refractivity contribution in [3.63, 3.8) is 0 Å². The van der Waals surface area contributed by atoms with Crippen LogP contribution in [0.4, 0.5) is 0 Å². The van der Waals surface area contributed by atoms with Gasteiger partial charge in [0.15, 0.2) is 0 Å². The van der Waals surface area contributed by atoms with Crippen molar-refractivity contribution in [1.29, 1.82) is 0 Å². The standard InChI is InChI=1S/C30H48N2/c31-20-27(29-19-26-10-4-5-12-30(26)32-21-29)11-6-7-22-13-14-24-15-16-25(18-28(24)17-22)23-8-2-1-3-9-23/h1-2,4,10,19,22-28,30,32H,3,5-9,11-18,20-21,31H2. The number of nitrogens with one attached hydrogen (secondary N) is 1. The highest BCUT2D eigenvalue weighted by atomic mass is 14.9. The van der Waals surface area contributed by atoms with Gasteiger partial charge in [0.2, 0.25) is 0 Å². The molecule has 5 aliphatic rings. The first-order valence-corrected chi connectivity index (χ1v) is 14.3. The fraction of sp³-hybridized carbons (Fsp3) is 0.800. The second kappa shape index (κ2) is 11.0. The highest BCUT2D eigenvalue weighted by Crippen LogP contribution is 2.49. The Hall–Kier alpha value is -0.860. The molecule has 0 saturated heterocycles. The van der Waals surface area contributed by atoms with Crippen LogP contribution in [-0.2, 0) is 0 Å². The quantitative estimate of drug-likeness (QED) is 0.431. The number of fused-ring (bicyclic) bond motifs is 2. The number of allylic oxidation sites excluding steroid dienone is 3. The van der Waals surface area contributed by atoms with Crippen molar-refractivity contribution >= 4 is 0 Å². The molecule has 32 heavy (non-hydrogen) atoms. The van der Waals surface area contributed by atoms with Gasteiger partial charge in [0, 0.05) is 18.5 Å². The van der Waals surface area contributed by atoms with E-state index < -0.39 is 0 Å². The maximum atomic E-state index is 6.27. The summed E-state index contributed by atoms with van der Waals surface area (Å²) in [6.07, 6.45) is 32.3. The van der Waals surface area contributed by atoms with Gasteiger partial charge in [-0.2, -0.15) is 0 Å². The molecule has 0 amide bonds. The van der Waals surface area contributed by atoms with E-state index in [1.54, 1.807) is 12.0 Å². The van der Waals surface area contributed by atoms with E-state index >= 15 is 0 Å². The first-order valence-electron chi connectivity index (χ1n) is 14.3. The Morgan fingerprint density at radius 1 is 0.875 bits per heavy atom. The van der Waals surface area contributed by atoms with Gasteiger partial charge >= 0.3 is 0 Å². The summed E-state index contributed by atoms with van der Waals surface area (Å²) in [4.78, 5) is 0. The summed E-state index contributed by atoms with van der Waals surface area (Å²) in [6.45, 7) is 1.89. The van der Waals surface area contributed by atoms with Crippen LogP contribution < -0.4 is 11.1 Å². The van der Waals surface area contributed by atoms with Crippen molar-refractivity contribution in [2.45, 2.75) is 95.9 Å². The monoisotopic (exact) mass is 436 g/mol. The summed E-state index contributed by atoms with van der Waals surface area (Å²) in [5.74, 6) is 6.33. The molecule has 0 bridgehead atoms. The Morgan fingerprint density at radius 3 is 2.62 bits per heavy atom. The molecule has 2 heteroatoms. The number of rotatable bonds is 7. The van der Waals surface area contributed by atoms with Crippen molar-refractivity contribution < 1.29 is 0 Å². The first kappa shape index (κ1) is 22.9. The number of hydrogen-bond acceptors (Lipinski definition) is 2. The highest BCUT2D eigenvalue weighted by Gasteiger charge is 2.37. The van der Waals surface area contributed by atoms with Crippen molar-refractivity contribution in [3.05, 3.63) is 36.0 Å². The van der Waals surface area contributed by atoms with E-state index in [9.17, 15) is 0 Å². The van der Waals surface area contributed by atoms with Gasteiger partial charge in [-0.1, -0.05) is 55.2 Å². The molecule has 178 valence electrons. The van der Waals surface area contributed by atoms with Crippen LogP contribution in [0.25, 0.3) is 0 Å². The second-order valence-electron chi connectivity index (χ2n) is 12.0. The van der Waals surface area contributed by atoms with Crippen LogP contribution in [0.2, 0.25) is 0 Å². The molecule has 8 unspecified atom stereocenters. The molecule has 3 N–H and O–H groups in total. The molecule has 0 aromatic carbocycles. The minimum absolute atomic E-state index is 0.591. The Morgan fingerprint density at radius 2 is 1.75 bits per heavy atom. The Balaban J connectivity index is 1.09. The molecular weight excluding hydrogens is 388 g/mol. The molecule has 0 aromatic heterocycles. The van der Waals surface area contributed by atoms with Gasteiger partial charge in [-0.05, 0) is 113 Å². The molecule has 2 fully saturated rings. The summed E-state index contributed by atoms with van der Waals surface area (Å²) in [5.41, 5.74) is 7.87. The summed E-state index contributed by atoms with van der Waals surface area (Å²) in [6, 6.07) is 0.668. The fourth-order valence-electron chi connectivity index (χ4n) is 8.17. The minimum atomic E-state index is 0.591. The van der Waals surface area contributed by atoms with Crippen molar-refractivity contribution in [2.24, 2.45) is 47.2 Å². The number of nitrogens with two attached hydrogens (primary N) is 1. The largest absolute Gasteiger partial charge is 0.330 e. The van der Waals surface area contributed by atoms with Gasteiger partial charge in [-0.25, -0.2) is 0 Å². The van der Waals surface area contributed by atoms with E-state index in [-0.39, 0.29) is 0 Å². The Kier molecular flexibility index (Phi) is 7.91. The van der Waals surface area contributed by atoms with E-state index in [2.05, 4.69) is 35.7 Å². The van der Waals surface area contributed by atoms with Crippen molar-refractivity contribution in [1.82, 2.24) is 5.32 Å². The lowest BCUT2D eigenvalue weighted by Gasteiger charge is -2.44. The third kappa shape index (κ3) is 5.44. The molecule has 5 rings (SSSR count). The molecule has 2 saturated carbocycles. The Bertz CT molecular complexity index is 691. The smallest absolute Gasteiger partial charge is 0.0171 e. The predicted molar refractivity (Wildman–Crippen MR) is 136 cm³/mol. The van der Waals surface area contributed by atoms with Crippen LogP contribution in [0.15, 0.2) is 36.0 Å². The lowest BCUT2D eigenvalue weighted by Crippen LogP contribution is -2.42. The molecular formula is C30H48N2. The summed E-state index contributed by atoms with van der Waals surface area (Å²) in [7, 11) is 0. The molecule has 0 aromatic rings. The molecule has 0 radical (unpaired) electrons. The summed E-state index contributed by atoms with van der Waals surface area (Å²) >= 11 is 0.